The SMILES string of the molecule is CCCCC(C)C(O)/C=C/C1C(O)CC2Oc3c(OCC(=O)O)cccc3OC21. The summed E-state index contributed by atoms with van der Waals surface area (Å²) in [5.74, 6) is -0.107. The van der Waals surface area contributed by atoms with Gasteiger partial charge in [-0.3, -0.25) is 0 Å². The lowest BCUT2D eigenvalue weighted by atomic mass is 9.95. The van der Waals surface area contributed by atoms with Gasteiger partial charge in [0.05, 0.1) is 12.2 Å². The second-order valence-corrected chi connectivity index (χ2v) is 7.88. The maximum absolute atomic E-state index is 10.8. The lowest BCUT2D eigenvalue weighted by Crippen LogP contribution is -2.39. The van der Waals surface area contributed by atoms with Gasteiger partial charge in [0.1, 0.15) is 12.2 Å². The van der Waals surface area contributed by atoms with Gasteiger partial charge in [0, 0.05) is 12.3 Å². The van der Waals surface area contributed by atoms with Crippen LogP contribution < -0.4 is 14.2 Å². The summed E-state index contributed by atoms with van der Waals surface area (Å²) < 4.78 is 17.4. The number of para-hydroxylation sites is 1. The van der Waals surface area contributed by atoms with Crippen LogP contribution in [0.3, 0.4) is 0 Å². The number of hydrogen-bond donors (Lipinski definition) is 3. The number of aliphatic hydroxyl groups excluding tert-OH is 2. The summed E-state index contributed by atoms with van der Waals surface area (Å²) in [5, 5.41) is 29.7. The molecule has 1 heterocycles. The van der Waals surface area contributed by atoms with Crippen LogP contribution in [0.25, 0.3) is 0 Å². The molecule has 3 N–H and O–H groups in total. The van der Waals surface area contributed by atoms with Crippen LogP contribution in [0.4, 0.5) is 0 Å². The number of fused-ring (bicyclic) bond motifs is 2. The van der Waals surface area contributed by atoms with E-state index in [2.05, 4.69) is 6.92 Å². The number of unbranched alkanes of at least 4 members (excludes halogenated alkanes) is 1. The second kappa shape index (κ2) is 9.50. The van der Waals surface area contributed by atoms with E-state index in [1.54, 1.807) is 24.3 Å². The first-order chi connectivity index (χ1) is 13.9. The summed E-state index contributed by atoms with van der Waals surface area (Å²) in [6.45, 7) is 3.67. The van der Waals surface area contributed by atoms with E-state index in [1.165, 1.54) is 0 Å². The number of ether oxygens (including phenoxy) is 3. The molecule has 0 aromatic heterocycles. The third kappa shape index (κ3) is 5.03. The first kappa shape index (κ1) is 21.5. The first-order valence-electron chi connectivity index (χ1n) is 10.3. The number of benzene rings is 1. The number of aliphatic carboxylic acids is 1. The smallest absolute Gasteiger partial charge is 0.341 e. The summed E-state index contributed by atoms with van der Waals surface area (Å²) in [4.78, 5) is 10.8. The molecule has 0 bridgehead atoms. The Morgan fingerprint density at radius 1 is 1.38 bits per heavy atom. The van der Waals surface area contributed by atoms with Gasteiger partial charge in [-0.1, -0.05) is 44.9 Å². The molecule has 1 aromatic rings. The summed E-state index contributed by atoms with van der Waals surface area (Å²) >= 11 is 0. The van der Waals surface area contributed by atoms with Crippen molar-refractivity contribution < 1.29 is 34.3 Å². The summed E-state index contributed by atoms with van der Waals surface area (Å²) in [6, 6.07) is 5.06. The van der Waals surface area contributed by atoms with Crippen molar-refractivity contribution in [2.75, 3.05) is 6.61 Å². The van der Waals surface area contributed by atoms with Crippen molar-refractivity contribution in [1.82, 2.24) is 0 Å². The second-order valence-electron chi connectivity index (χ2n) is 7.88. The zero-order valence-corrected chi connectivity index (χ0v) is 16.9. The average Bonchev–Trinajstić information content (AvgIpc) is 3.00. The van der Waals surface area contributed by atoms with Crippen LogP contribution in [-0.2, 0) is 4.79 Å². The molecule has 1 saturated carbocycles. The topological polar surface area (TPSA) is 105 Å². The Kier molecular flexibility index (Phi) is 7.03. The van der Waals surface area contributed by atoms with Gasteiger partial charge in [0.25, 0.3) is 0 Å². The minimum Gasteiger partial charge on any atom is -0.482 e. The molecule has 0 radical (unpaired) electrons. The standard InChI is InChI=1S/C22H30O7/c1-3-4-6-13(2)15(23)10-9-14-16(24)11-19-21(14)28-18-8-5-7-17(22(18)29-19)27-12-20(25)26/h5,7-10,13-16,19,21,23-24H,3-4,6,11-12H2,1-2H3,(H,25,26)/b10-9+. The Bertz CT molecular complexity index is 732. The third-order valence-electron chi connectivity index (χ3n) is 5.62. The molecule has 6 atom stereocenters. The molecule has 1 aliphatic heterocycles. The lowest BCUT2D eigenvalue weighted by Gasteiger charge is -2.32. The van der Waals surface area contributed by atoms with E-state index in [0.29, 0.717) is 23.7 Å². The van der Waals surface area contributed by atoms with Crippen LogP contribution in [0.5, 0.6) is 17.2 Å². The van der Waals surface area contributed by atoms with Crippen LogP contribution in [0.15, 0.2) is 30.4 Å². The zero-order valence-electron chi connectivity index (χ0n) is 16.9. The molecule has 0 amide bonds. The quantitative estimate of drug-likeness (QED) is 0.542. The number of carbonyl (C=O) groups is 1. The van der Waals surface area contributed by atoms with E-state index in [0.717, 1.165) is 19.3 Å². The fourth-order valence-corrected chi connectivity index (χ4v) is 3.89. The van der Waals surface area contributed by atoms with Crippen molar-refractivity contribution in [2.24, 2.45) is 11.8 Å². The van der Waals surface area contributed by atoms with Crippen LogP contribution in [-0.4, -0.2) is 52.3 Å². The highest BCUT2D eigenvalue weighted by Gasteiger charge is 2.47. The van der Waals surface area contributed by atoms with Crippen molar-refractivity contribution in [2.45, 2.75) is 63.9 Å². The lowest BCUT2D eigenvalue weighted by molar-refractivity contribution is -0.139. The minimum absolute atomic E-state index is 0.152. The zero-order chi connectivity index (χ0) is 21.0. The van der Waals surface area contributed by atoms with Gasteiger partial charge >= 0.3 is 5.97 Å². The van der Waals surface area contributed by atoms with E-state index < -0.39 is 24.8 Å². The summed E-state index contributed by atoms with van der Waals surface area (Å²) in [5.41, 5.74) is 0. The molecule has 1 aliphatic carbocycles. The molecule has 6 unspecified atom stereocenters. The van der Waals surface area contributed by atoms with Crippen LogP contribution in [0.2, 0.25) is 0 Å². The molecule has 0 saturated heterocycles. The number of carboxylic acid groups (broad SMARTS) is 1. The highest BCUT2D eigenvalue weighted by Crippen LogP contribution is 2.46. The fraction of sp³-hybridized carbons (Fsp3) is 0.591. The average molecular weight is 406 g/mol. The third-order valence-corrected chi connectivity index (χ3v) is 5.62. The molecule has 3 rings (SSSR count). The number of aliphatic hydroxyl groups is 2. The molecule has 2 aliphatic rings. The van der Waals surface area contributed by atoms with Crippen molar-refractivity contribution >= 4 is 5.97 Å². The highest BCUT2D eigenvalue weighted by atomic mass is 16.6. The van der Waals surface area contributed by atoms with E-state index in [4.69, 9.17) is 19.3 Å². The molecule has 1 aromatic carbocycles. The monoisotopic (exact) mass is 406 g/mol. The molecular weight excluding hydrogens is 376 g/mol. The predicted molar refractivity (Wildman–Crippen MR) is 106 cm³/mol. The molecule has 7 heteroatoms. The molecule has 160 valence electrons. The Morgan fingerprint density at radius 2 is 2.17 bits per heavy atom. The van der Waals surface area contributed by atoms with E-state index in [-0.39, 0.29) is 24.0 Å². The fourth-order valence-electron chi connectivity index (χ4n) is 3.89. The van der Waals surface area contributed by atoms with Crippen molar-refractivity contribution in [1.29, 1.82) is 0 Å². The predicted octanol–water partition coefficient (Wildman–Crippen LogP) is 2.78. The largest absolute Gasteiger partial charge is 0.482 e. The van der Waals surface area contributed by atoms with E-state index in [9.17, 15) is 15.0 Å². The maximum atomic E-state index is 10.8. The van der Waals surface area contributed by atoms with Gasteiger partial charge < -0.3 is 29.5 Å². The first-order valence-corrected chi connectivity index (χ1v) is 10.3. The van der Waals surface area contributed by atoms with Crippen molar-refractivity contribution in [3.8, 4) is 17.2 Å². The molecule has 7 nitrogen and oxygen atoms in total. The number of rotatable bonds is 9. The molecule has 29 heavy (non-hydrogen) atoms. The van der Waals surface area contributed by atoms with Gasteiger partial charge in [-0.25, -0.2) is 4.79 Å². The van der Waals surface area contributed by atoms with Crippen LogP contribution >= 0.6 is 0 Å². The summed E-state index contributed by atoms with van der Waals surface area (Å²) in [7, 11) is 0. The Labute approximate surface area is 170 Å². The van der Waals surface area contributed by atoms with E-state index in [1.807, 2.05) is 13.0 Å². The van der Waals surface area contributed by atoms with Crippen LogP contribution in [0, 0.1) is 11.8 Å². The van der Waals surface area contributed by atoms with E-state index >= 15 is 0 Å². The minimum atomic E-state index is -1.08. The van der Waals surface area contributed by atoms with Gasteiger partial charge in [0.2, 0.25) is 5.75 Å². The van der Waals surface area contributed by atoms with Gasteiger partial charge in [-0.05, 0) is 24.5 Å². The molecule has 0 spiro atoms. The Balaban J connectivity index is 1.71. The maximum Gasteiger partial charge on any atom is 0.341 e. The number of hydrogen-bond acceptors (Lipinski definition) is 6. The van der Waals surface area contributed by atoms with Crippen molar-refractivity contribution in [3.05, 3.63) is 30.4 Å². The number of carboxylic acids is 1. The van der Waals surface area contributed by atoms with Gasteiger partial charge in [-0.2, -0.15) is 0 Å². The van der Waals surface area contributed by atoms with Crippen molar-refractivity contribution in [3.63, 3.8) is 0 Å². The Hall–Kier alpha value is -2.25. The molecule has 1 fully saturated rings. The van der Waals surface area contributed by atoms with Crippen LogP contribution in [0.1, 0.15) is 39.5 Å². The summed E-state index contributed by atoms with van der Waals surface area (Å²) in [6.07, 6.45) is 5.10. The Morgan fingerprint density at radius 3 is 2.90 bits per heavy atom. The normalized spacial score (nSPS) is 27.4. The van der Waals surface area contributed by atoms with Gasteiger partial charge in [-0.15, -0.1) is 0 Å². The highest BCUT2D eigenvalue weighted by molar-refractivity contribution is 5.68. The molecular formula is C22H30O7. The van der Waals surface area contributed by atoms with Gasteiger partial charge in [0.15, 0.2) is 18.1 Å².